The SMILES string of the molecule is CCOC(=O)C(C)NC(=O)N1[C@H](C)CN(c2c(F)cc3c(=O)c(C(=O)NCc4ccc(Cl)cc4Cl)cn(C4CC4)c3c2OC)C[C@@H]1C. The van der Waals surface area contributed by atoms with Gasteiger partial charge in [0.05, 0.1) is 24.6 Å². The molecule has 3 atom stereocenters. The first-order chi connectivity index (χ1) is 22.4. The molecular weight excluding hydrogens is 652 g/mol. The molecule has 0 bridgehead atoms. The summed E-state index contributed by atoms with van der Waals surface area (Å²) < 4.78 is 28.8. The monoisotopic (exact) mass is 689 g/mol. The molecule has 1 unspecified atom stereocenters. The van der Waals surface area contributed by atoms with Gasteiger partial charge in [-0.25, -0.2) is 14.0 Å². The number of esters is 1. The molecule has 0 radical (unpaired) electrons. The first kappa shape index (κ1) is 34.3. The van der Waals surface area contributed by atoms with Crippen molar-refractivity contribution in [3.05, 3.63) is 67.7 Å². The number of nitrogens with zero attached hydrogens (tertiary/aromatic N) is 3. The maximum atomic E-state index is 16.2. The summed E-state index contributed by atoms with van der Waals surface area (Å²) in [7, 11) is 1.42. The van der Waals surface area contributed by atoms with Crippen LogP contribution >= 0.6 is 23.2 Å². The molecule has 1 aromatic heterocycles. The fourth-order valence-electron chi connectivity index (χ4n) is 6.16. The van der Waals surface area contributed by atoms with Crippen molar-refractivity contribution in [2.24, 2.45) is 0 Å². The Hall–Kier alpha value is -4.03. The maximum Gasteiger partial charge on any atom is 0.328 e. The van der Waals surface area contributed by atoms with Gasteiger partial charge < -0.3 is 34.5 Å². The molecule has 1 saturated heterocycles. The molecule has 1 aliphatic carbocycles. The van der Waals surface area contributed by atoms with E-state index in [-0.39, 0.29) is 66.8 Å². The highest BCUT2D eigenvalue weighted by atomic mass is 35.5. The molecule has 3 aromatic rings. The fraction of sp³-hybridized carbons (Fsp3) is 0.455. The Balaban J connectivity index is 1.46. The number of pyridine rings is 1. The summed E-state index contributed by atoms with van der Waals surface area (Å²) in [5.41, 5.74) is 0.445. The quantitative estimate of drug-likeness (QED) is 0.293. The highest BCUT2D eigenvalue weighted by molar-refractivity contribution is 6.35. The molecule has 47 heavy (non-hydrogen) atoms. The van der Waals surface area contributed by atoms with E-state index >= 15 is 4.39 Å². The van der Waals surface area contributed by atoms with Gasteiger partial charge in [-0.3, -0.25) is 9.59 Å². The van der Waals surface area contributed by atoms with E-state index in [9.17, 15) is 19.2 Å². The molecule has 1 aliphatic heterocycles. The molecule has 14 heteroatoms. The molecule has 5 rings (SSSR count). The number of amides is 3. The predicted octanol–water partition coefficient (Wildman–Crippen LogP) is 5.28. The van der Waals surface area contributed by atoms with E-state index in [1.807, 2.05) is 18.4 Å². The lowest BCUT2D eigenvalue weighted by Crippen LogP contribution is -2.62. The van der Waals surface area contributed by atoms with Crippen LogP contribution < -0.4 is 25.7 Å². The van der Waals surface area contributed by atoms with Crippen molar-refractivity contribution in [1.82, 2.24) is 20.1 Å². The number of nitrogens with one attached hydrogen (secondary N) is 2. The fourth-order valence-corrected chi connectivity index (χ4v) is 6.64. The van der Waals surface area contributed by atoms with Gasteiger partial charge in [-0.05, 0) is 64.3 Å². The lowest BCUT2D eigenvalue weighted by Gasteiger charge is -2.45. The van der Waals surface area contributed by atoms with Gasteiger partial charge in [0.15, 0.2) is 11.6 Å². The van der Waals surface area contributed by atoms with Crippen LogP contribution in [0.1, 0.15) is 62.5 Å². The van der Waals surface area contributed by atoms with Gasteiger partial charge in [0.25, 0.3) is 5.91 Å². The zero-order valence-electron chi connectivity index (χ0n) is 26.9. The largest absolute Gasteiger partial charge is 0.492 e. The summed E-state index contributed by atoms with van der Waals surface area (Å²) in [4.78, 5) is 55.7. The Morgan fingerprint density at radius 1 is 1.11 bits per heavy atom. The molecule has 2 N–H and O–H groups in total. The highest BCUT2D eigenvalue weighted by Crippen LogP contribution is 2.44. The van der Waals surface area contributed by atoms with Crippen LogP contribution in [0.3, 0.4) is 0 Å². The van der Waals surface area contributed by atoms with Gasteiger partial charge in [0.2, 0.25) is 5.43 Å². The van der Waals surface area contributed by atoms with Crippen molar-refractivity contribution in [2.75, 3.05) is 31.7 Å². The lowest BCUT2D eigenvalue weighted by molar-refractivity contribution is -0.144. The van der Waals surface area contributed by atoms with Crippen LogP contribution in [0.4, 0.5) is 14.9 Å². The van der Waals surface area contributed by atoms with Gasteiger partial charge in [-0.2, -0.15) is 0 Å². The summed E-state index contributed by atoms with van der Waals surface area (Å²) >= 11 is 12.2. The van der Waals surface area contributed by atoms with E-state index in [0.29, 0.717) is 21.1 Å². The van der Waals surface area contributed by atoms with Crippen LogP contribution in [0.15, 0.2) is 35.3 Å². The first-order valence-electron chi connectivity index (χ1n) is 15.5. The van der Waals surface area contributed by atoms with Gasteiger partial charge in [-0.15, -0.1) is 0 Å². The minimum atomic E-state index is -0.834. The molecular formula is C33H38Cl2FN5O6. The molecule has 2 aliphatic rings. The van der Waals surface area contributed by atoms with Crippen LogP contribution in [0, 0.1) is 5.82 Å². The molecule has 0 spiro atoms. The molecule has 11 nitrogen and oxygen atoms in total. The Bertz CT molecular complexity index is 1770. The number of rotatable bonds is 9. The summed E-state index contributed by atoms with van der Waals surface area (Å²) in [6, 6.07) is 4.06. The van der Waals surface area contributed by atoms with Gasteiger partial charge in [-0.1, -0.05) is 29.3 Å². The number of benzene rings is 2. The minimum Gasteiger partial charge on any atom is -0.492 e. The van der Waals surface area contributed by atoms with E-state index < -0.39 is 35.2 Å². The number of aromatic nitrogens is 1. The Kier molecular flexibility index (Phi) is 10.2. The van der Waals surface area contributed by atoms with Crippen LogP contribution in [0.25, 0.3) is 10.9 Å². The molecule has 1 saturated carbocycles. The zero-order chi connectivity index (χ0) is 34.2. The van der Waals surface area contributed by atoms with Crippen LogP contribution in [-0.2, 0) is 16.1 Å². The number of hydrogen-bond donors (Lipinski definition) is 2. The number of carbonyl (C=O) groups excluding carboxylic acids is 3. The number of urea groups is 1. The number of ether oxygens (including phenoxy) is 2. The van der Waals surface area contributed by atoms with Crippen LogP contribution in [0.5, 0.6) is 5.75 Å². The third-order valence-electron chi connectivity index (χ3n) is 8.49. The Labute approximate surface area is 281 Å². The van der Waals surface area contributed by atoms with Crippen LogP contribution in [-0.4, -0.2) is 72.3 Å². The summed E-state index contributed by atoms with van der Waals surface area (Å²) in [5, 5.41) is 6.30. The van der Waals surface area contributed by atoms with Crippen molar-refractivity contribution in [1.29, 1.82) is 0 Å². The van der Waals surface area contributed by atoms with Crippen LogP contribution in [0.2, 0.25) is 10.0 Å². The van der Waals surface area contributed by atoms with E-state index in [0.717, 1.165) is 18.9 Å². The minimum absolute atomic E-state index is 0.00218. The normalized spacial score (nSPS) is 18.6. The van der Waals surface area contributed by atoms with Crippen molar-refractivity contribution in [3.8, 4) is 5.75 Å². The number of halogens is 3. The first-order valence-corrected chi connectivity index (χ1v) is 16.3. The second kappa shape index (κ2) is 14.0. The molecule has 2 fully saturated rings. The number of fused-ring (bicyclic) bond motifs is 1. The van der Waals surface area contributed by atoms with E-state index in [1.165, 1.54) is 13.3 Å². The molecule has 2 heterocycles. The number of piperazine rings is 1. The molecule has 3 amide bonds. The highest BCUT2D eigenvalue weighted by Gasteiger charge is 2.38. The van der Waals surface area contributed by atoms with Crippen molar-refractivity contribution in [3.63, 3.8) is 0 Å². The number of hydrogen-bond acceptors (Lipinski definition) is 7. The second-order valence-corrected chi connectivity index (χ2v) is 12.8. The third-order valence-corrected chi connectivity index (χ3v) is 9.08. The standard InChI is InChI=1S/C33H38Cl2FN5O6/c1-6-47-32(44)19(4)38-33(45)41-17(2)14-39(15-18(41)3)28-26(36)12-23-27(30(28)46-5)40(22-9-10-22)16-24(29(23)42)31(43)37-13-20-7-8-21(34)11-25(20)35/h7-8,11-12,16-19,22H,6,9-10,13-15H2,1-5H3,(H,37,43)(H,38,45)/t17-,18+,19?. The topological polar surface area (TPSA) is 122 Å². The third kappa shape index (κ3) is 6.99. The van der Waals surface area contributed by atoms with E-state index in [4.69, 9.17) is 32.7 Å². The summed E-state index contributed by atoms with van der Waals surface area (Å²) in [5.74, 6) is -1.66. The van der Waals surface area contributed by atoms with Gasteiger partial charge in [0, 0.05) is 54.0 Å². The summed E-state index contributed by atoms with van der Waals surface area (Å²) in [6.07, 6.45) is 3.16. The van der Waals surface area contributed by atoms with E-state index in [1.54, 1.807) is 41.8 Å². The van der Waals surface area contributed by atoms with E-state index in [2.05, 4.69) is 10.6 Å². The average molecular weight is 691 g/mol. The predicted molar refractivity (Wildman–Crippen MR) is 178 cm³/mol. The Morgan fingerprint density at radius 2 is 1.79 bits per heavy atom. The molecule has 252 valence electrons. The lowest BCUT2D eigenvalue weighted by atomic mass is 10.0. The van der Waals surface area contributed by atoms with Crippen molar-refractivity contribution >= 4 is 57.7 Å². The second-order valence-electron chi connectivity index (χ2n) is 12.0. The zero-order valence-corrected chi connectivity index (χ0v) is 28.4. The number of methoxy groups -OCH3 is 1. The van der Waals surface area contributed by atoms with Crippen molar-refractivity contribution in [2.45, 2.75) is 71.2 Å². The molecule has 2 aromatic carbocycles. The van der Waals surface area contributed by atoms with Gasteiger partial charge >= 0.3 is 12.0 Å². The number of carbonyl (C=O) groups is 3. The maximum absolute atomic E-state index is 16.2. The van der Waals surface area contributed by atoms with Crippen molar-refractivity contribution < 1.29 is 28.2 Å². The average Bonchev–Trinajstić information content (AvgIpc) is 3.85. The Morgan fingerprint density at radius 3 is 2.38 bits per heavy atom. The number of anilines is 1. The smallest absolute Gasteiger partial charge is 0.328 e. The summed E-state index contributed by atoms with van der Waals surface area (Å²) in [6.45, 7) is 7.70. The van der Waals surface area contributed by atoms with Gasteiger partial charge in [0.1, 0.15) is 17.3 Å².